The maximum absolute atomic E-state index is 13.1. The molecule has 0 spiro atoms. The normalized spacial score (nSPS) is 21.4. The van der Waals surface area contributed by atoms with E-state index in [1.54, 1.807) is 12.1 Å². The number of hydrogen-bond donors (Lipinski definition) is 1. The number of hydrogen-bond acceptors (Lipinski definition) is 3. The van der Waals surface area contributed by atoms with Gasteiger partial charge >= 0.3 is 0 Å². The predicted molar refractivity (Wildman–Crippen MR) is 112 cm³/mol. The molecule has 1 N–H and O–H groups in total. The van der Waals surface area contributed by atoms with Crippen LogP contribution in [0, 0.1) is 5.92 Å². The molecular formula is C23H26N2O3S. The number of nitrogens with zero attached hydrogens (tertiary/aromatic N) is 1. The summed E-state index contributed by atoms with van der Waals surface area (Å²) in [6.45, 7) is 0.650. The first-order valence-electron chi connectivity index (χ1n) is 10.6. The molecule has 2 aromatic rings. The zero-order valence-corrected chi connectivity index (χ0v) is 17.2. The Labute approximate surface area is 172 Å². The van der Waals surface area contributed by atoms with Crippen LogP contribution in [0.15, 0.2) is 47.4 Å². The minimum absolute atomic E-state index is 0.150. The number of sulfonamides is 1. The Kier molecular flexibility index (Phi) is 4.71. The summed E-state index contributed by atoms with van der Waals surface area (Å²) < 4.78 is 29.1. The number of carbonyl (C=O) groups is 1. The van der Waals surface area contributed by atoms with Crippen LogP contribution in [0.1, 0.15) is 54.8 Å². The Morgan fingerprint density at radius 1 is 0.966 bits per heavy atom. The zero-order chi connectivity index (χ0) is 20.0. The van der Waals surface area contributed by atoms with Gasteiger partial charge in [0, 0.05) is 24.2 Å². The number of nitrogens with one attached hydrogen (secondary N) is 1. The first kappa shape index (κ1) is 18.8. The third kappa shape index (κ3) is 3.38. The number of amides is 1. The predicted octanol–water partition coefficient (Wildman–Crippen LogP) is 3.73. The Bertz CT molecular complexity index is 1060. The van der Waals surface area contributed by atoms with Crippen LogP contribution in [0.25, 0.3) is 0 Å². The number of rotatable bonds is 4. The van der Waals surface area contributed by atoms with Gasteiger partial charge < -0.3 is 4.90 Å². The highest BCUT2D eigenvalue weighted by Crippen LogP contribution is 2.36. The van der Waals surface area contributed by atoms with E-state index in [4.69, 9.17) is 0 Å². The van der Waals surface area contributed by atoms with Crippen molar-refractivity contribution < 1.29 is 13.2 Å². The molecule has 5 rings (SSSR count). The summed E-state index contributed by atoms with van der Waals surface area (Å²) in [6, 6.07) is 13.1. The maximum atomic E-state index is 13.1. The molecule has 0 unspecified atom stereocenters. The molecule has 1 heterocycles. The molecule has 6 heteroatoms. The summed E-state index contributed by atoms with van der Waals surface area (Å²) in [5.74, 6) is 0.347. The second kappa shape index (κ2) is 7.26. The standard InChI is InChI=1S/C23H26N2O3S/c26-23(17-7-3-8-17)25-14-13-18-15-19(11-12-22(18)25)29(27,28)24-21-10-4-6-16-5-1-2-9-20(16)21/h1-2,5,9,11-12,15,17,21,24H,3-4,6-8,10,13-14H2/t21-/m1/s1. The molecular weight excluding hydrogens is 384 g/mol. The molecule has 0 bridgehead atoms. The van der Waals surface area contributed by atoms with Gasteiger partial charge in [-0.25, -0.2) is 13.1 Å². The van der Waals surface area contributed by atoms with Crippen LogP contribution in [-0.2, 0) is 27.7 Å². The quantitative estimate of drug-likeness (QED) is 0.835. The van der Waals surface area contributed by atoms with Gasteiger partial charge in [0.25, 0.3) is 0 Å². The van der Waals surface area contributed by atoms with Gasteiger partial charge in [0.2, 0.25) is 15.9 Å². The van der Waals surface area contributed by atoms with Gasteiger partial charge in [-0.3, -0.25) is 4.79 Å². The monoisotopic (exact) mass is 410 g/mol. The summed E-state index contributed by atoms with van der Waals surface area (Å²) in [5.41, 5.74) is 4.14. The molecule has 1 fully saturated rings. The fraction of sp³-hybridized carbons (Fsp3) is 0.435. The van der Waals surface area contributed by atoms with E-state index in [2.05, 4.69) is 10.8 Å². The van der Waals surface area contributed by atoms with Gasteiger partial charge in [-0.1, -0.05) is 30.7 Å². The number of anilines is 1. The van der Waals surface area contributed by atoms with Crippen LogP contribution < -0.4 is 9.62 Å². The largest absolute Gasteiger partial charge is 0.312 e. The van der Waals surface area contributed by atoms with Crippen molar-refractivity contribution in [2.45, 2.75) is 55.9 Å². The van der Waals surface area contributed by atoms with Crippen LogP contribution in [-0.4, -0.2) is 20.9 Å². The second-order valence-corrected chi connectivity index (χ2v) is 10.1. The molecule has 1 atom stereocenters. The van der Waals surface area contributed by atoms with E-state index in [1.165, 1.54) is 5.56 Å². The Balaban J connectivity index is 1.38. The van der Waals surface area contributed by atoms with E-state index in [0.29, 0.717) is 13.0 Å². The molecule has 0 radical (unpaired) electrons. The van der Waals surface area contributed by atoms with Crippen LogP contribution in [0.2, 0.25) is 0 Å². The lowest BCUT2D eigenvalue weighted by Gasteiger charge is -2.29. The molecule has 2 aromatic carbocycles. The fourth-order valence-corrected chi connectivity index (χ4v) is 6.08. The molecule has 0 aromatic heterocycles. The lowest BCUT2D eigenvalue weighted by molar-refractivity contribution is -0.124. The van der Waals surface area contributed by atoms with Crippen molar-refractivity contribution in [3.63, 3.8) is 0 Å². The highest BCUT2D eigenvalue weighted by atomic mass is 32.2. The molecule has 1 saturated carbocycles. The van der Waals surface area contributed by atoms with Crippen molar-refractivity contribution in [2.24, 2.45) is 5.92 Å². The first-order valence-corrected chi connectivity index (χ1v) is 12.1. The van der Waals surface area contributed by atoms with Crippen LogP contribution in [0.5, 0.6) is 0 Å². The average molecular weight is 411 g/mol. The SMILES string of the molecule is O=C(C1CCC1)N1CCc2cc(S(=O)(=O)N[C@@H]3CCCc4ccccc43)ccc21. The third-order valence-corrected chi connectivity index (χ3v) is 8.11. The second-order valence-electron chi connectivity index (χ2n) is 8.42. The van der Waals surface area contributed by atoms with Gasteiger partial charge in [0.05, 0.1) is 4.90 Å². The van der Waals surface area contributed by atoms with E-state index in [1.807, 2.05) is 29.2 Å². The molecule has 1 aliphatic heterocycles. The summed E-state index contributed by atoms with van der Waals surface area (Å²) >= 11 is 0. The van der Waals surface area contributed by atoms with Crippen molar-refractivity contribution in [2.75, 3.05) is 11.4 Å². The minimum atomic E-state index is -3.63. The summed E-state index contributed by atoms with van der Waals surface area (Å²) in [5, 5.41) is 0. The summed E-state index contributed by atoms with van der Waals surface area (Å²) in [4.78, 5) is 14.8. The van der Waals surface area contributed by atoms with Crippen molar-refractivity contribution in [3.8, 4) is 0 Å². The molecule has 0 saturated heterocycles. The number of aryl methyl sites for hydroxylation is 1. The van der Waals surface area contributed by atoms with Crippen molar-refractivity contribution >= 4 is 21.6 Å². The molecule has 2 aliphatic carbocycles. The highest BCUT2D eigenvalue weighted by molar-refractivity contribution is 7.89. The molecule has 29 heavy (non-hydrogen) atoms. The van der Waals surface area contributed by atoms with Crippen molar-refractivity contribution in [3.05, 3.63) is 59.2 Å². The van der Waals surface area contributed by atoms with Crippen LogP contribution >= 0.6 is 0 Å². The average Bonchev–Trinajstić information content (AvgIpc) is 3.10. The Hall–Kier alpha value is -2.18. The van der Waals surface area contributed by atoms with Gasteiger partial charge in [-0.15, -0.1) is 0 Å². The lowest BCUT2D eigenvalue weighted by Crippen LogP contribution is -2.37. The fourth-order valence-electron chi connectivity index (χ4n) is 4.78. The molecule has 5 nitrogen and oxygen atoms in total. The number of benzene rings is 2. The van der Waals surface area contributed by atoms with Gasteiger partial charge in [-0.2, -0.15) is 0 Å². The van der Waals surface area contributed by atoms with Gasteiger partial charge in [-0.05, 0) is 73.4 Å². The minimum Gasteiger partial charge on any atom is -0.312 e. The van der Waals surface area contributed by atoms with Crippen molar-refractivity contribution in [1.29, 1.82) is 0 Å². The Morgan fingerprint density at radius 2 is 1.79 bits per heavy atom. The zero-order valence-electron chi connectivity index (χ0n) is 16.4. The first-order chi connectivity index (χ1) is 14.0. The van der Waals surface area contributed by atoms with Crippen LogP contribution in [0.3, 0.4) is 0 Å². The van der Waals surface area contributed by atoms with E-state index < -0.39 is 10.0 Å². The maximum Gasteiger partial charge on any atom is 0.241 e. The molecule has 3 aliphatic rings. The van der Waals surface area contributed by atoms with E-state index in [-0.39, 0.29) is 22.8 Å². The number of fused-ring (bicyclic) bond motifs is 2. The van der Waals surface area contributed by atoms with E-state index in [0.717, 1.165) is 55.3 Å². The van der Waals surface area contributed by atoms with Crippen molar-refractivity contribution in [1.82, 2.24) is 4.72 Å². The topological polar surface area (TPSA) is 66.5 Å². The highest BCUT2D eigenvalue weighted by Gasteiger charge is 2.34. The summed E-state index contributed by atoms with van der Waals surface area (Å²) in [6.07, 6.45) is 6.58. The Morgan fingerprint density at radius 3 is 2.59 bits per heavy atom. The summed E-state index contributed by atoms with van der Waals surface area (Å²) in [7, 11) is -3.63. The molecule has 152 valence electrons. The lowest BCUT2D eigenvalue weighted by atomic mass is 9.84. The van der Waals surface area contributed by atoms with E-state index in [9.17, 15) is 13.2 Å². The van der Waals surface area contributed by atoms with Crippen LogP contribution in [0.4, 0.5) is 5.69 Å². The van der Waals surface area contributed by atoms with Gasteiger partial charge in [0.15, 0.2) is 0 Å². The molecule has 1 amide bonds. The van der Waals surface area contributed by atoms with E-state index >= 15 is 0 Å². The number of carbonyl (C=O) groups excluding carboxylic acids is 1. The smallest absolute Gasteiger partial charge is 0.241 e. The third-order valence-electron chi connectivity index (χ3n) is 6.64. The van der Waals surface area contributed by atoms with Gasteiger partial charge in [0.1, 0.15) is 0 Å².